The predicted octanol–water partition coefficient (Wildman–Crippen LogP) is 4.11. The molecule has 1 aliphatic carbocycles. The van der Waals surface area contributed by atoms with Gasteiger partial charge in [0, 0.05) is 30.6 Å². The zero-order valence-electron chi connectivity index (χ0n) is 14.6. The molecular formula is C19H25ClN4O. The van der Waals surface area contributed by atoms with E-state index in [4.69, 9.17) is 11.6 Å². The van der Waals surface area contributed by atoms with Crippen LogP contribution in [0.25, 0.3) is 0 Å². The molecule has 134 valence electrons. The first-order valence-corrected chi connectivity index (χ1v) is 9.26. The van der Waals surface area contributed by atoms with Crippen LogP contribution < -0.4 is 5.32 Å². The van der Waals surface area contributed by atoms with Crippen molar-refractivity contribution in [1.82, 2.24) is 14.7 Å². The van der Waals surface area contributed by atoms with E-state index < -0.39 is 0 Å². The molecule has 0 aliphatic heterocycles. The molecule has 25 heavy (non-hydrogen) atoms. The molecule has 5 nitrogen and oxygen atoms in total. The van der Waals surface area contributed by atoms with Crippen molar-refractivity contribution in [2.24, 2.45) is 0 Å². The van der Waals surface area contributed by atoms with E-state index >= 15 is 0 Å². The van der Waals surface area contributed by atoms with Gasteiger partial charge in [-0.3, -0.25) is 4.79 Å². The SMILES string of the molecule is CN(CCC(=O)Nc1ccnn1C1CCCC1)Cc1cccc(Cl)c1. The smallest absolute Gasteiger partial charge is 0.226 e. The van der Waals surface area contributed by atoms with Crippen molar-refractivity contribution in [1.29, 1.82) is 0 Å². The van der Waals surface area contributed by atoms with Gasteiger partial charge in [-0.2, -0.15) is 5.10 Å². The summed E-state index contributed by atoms with van der Waals surface area (Å²) in [4.78, 5) is 14.4. The Morgan fingerprint density at radius 2 is 2.16 bits per heavy atom. The van der Waals surface area contributed by atoms with E-state index in [1.165, 1.54) is 12.8 Å². The molecule has 3 rings (SSSR count). The number of hydrogen-bond acceptors (Lipinski definition) is 3. The summed E-state index contributed by atoms with van der Waals surface area (Å²) in [5.74, 6) is 0.840. The van der Waals surface area contributed by atoms with Gasteiger partial charge in [0.2, 0.25) is 5.91 Å². The first-order chi connectivity index (χ1) is 12.1. The van der Waals surface area contributed by atoms with E-state index in [9.17, 15) is 4.79 Å². The average Bonchev–Trinajstić information content (AvgIpc) is 3.24. The van der Waals surface area contributed by atoms with Crippen LogP contribution in [-0.4, -0.2) is 34.2 Å². The highest BCUT2D eigenvalue weighted by molar-refractivity contribution is 6.30. The number of hydrogen-bond donors (Lipinski definition) is 1. The van der Waals surface area contributed by atoms with E-state index in [2.05, 4.69) is 15.3 Å². The van der Waals surface area contributed by atoms with Crippen LogP contribution in [-0.2, 0) is 11.3 Å². The molecule has 1 amide bonds. The molecule has 0 bridgehead atoms. The van der Waals surface area contributed by atoms with E-state index in [0.717, 1.165) is 35.8 Å². The van der Waals surface area contributed by atoms with Crippen molar-refractivity contribution in [2.75, 3.05) is 18.9 Å². The second-order valence-electron chi connectivity index (χ2n) is 6.77. The molecule has 1 saturated carbocycles. The molecule has 6 heteroatoms. The maximum Gasteiger partial charge on any atom is 0.226 e. The summed E-state index contributed by atoms with van der Waals surface area (Å²) >= 11 is 6.01. The number of amides is 1. The second-order valence-corrected chi connectivity index (χ2v) is 7.20. The van der Waals surface area contributed by atoms with E-state index in [1.807, 2.05) is 42.1 Å². The quantitative estimate of drug-likeness (QED) is 0.808. The number of nitrogens with one attached hydrogen (secondary N) is 1. The number of carbonyl (C=O) groups is 1. The average molecular weight is 361 g/mol. The van der Waals surface area contributed by atoms with Crippen LogP contribution in [0.2, 0.25) is 5.02 Å². The maximum absolute atomic E-state index is 12.3. The van der Waals surface area contributed by atoms with Gasteiger partial charge in [-0.05, 0) is 37.6 Å². The standard InChI is InChI=1S/C19H25ClN4O/c1-23(14-15-5-4-6-16(20)13-15)12-10-19(25)22-18-9-11-21-24(18)17-7-2-3-8-17/h4-6,9,11,13,17H,2-3,7-8,10,12,14H2,1H3,(H,22,25). The van der Waals surface area contributed by atoms with Crippen molar-refractivity contribution in [3.63, 3.8) is 0 Å². The van der Waals surface area contributed by atoms with Gasteiger partial charge in [-0.25, -0.2) is 4.68 Å². The van der Waals surface area contributed by atoms with Crippen LogP contribution in [0.4, 0.5) is 5.82 Å². The largest absolute Gasteiger partial charge is 0.311 e. The lowest BCUT2D eigenvalue weighted by Crippen LogP contribution is -2.25. The topological polar surface area (TPSA) is 50.2 Å². The van der Waals surface area contributed by atoms with Gasteiger partial charge in [0.15, 0.2) is 0 Å². The first kappa shape index (κ1) is 18.0. The Kier molecular flexibility index (Phi) is 6.10. The van der Waals surface area contributed by atoms with Crippen LogP contribution in [0, 0.1) is 0 Å². The highest BCUT2D eigenvalue weighted by atomic mass is 35.5. The molecule has 1 aromatic carbocycles. The number of anilines is 1. The Labute approximate surface area is 154 Å². The number of carbonyl (C=O) groups excluding carboxylic acids is 1. The number of benzene rings is 1. The fourth-order valence-electron chi connectivity index (χ4n) is 3.38. The number of nitrogens with zero attached hydrogens (tertiary/aromatic N) is 3. The van der Waals surface area contributed by atoms with Gasteiger partial charge < -0.3 is 10.2 Å². The molecule has 0 saturated heterocycles. The fourth-order valence-corrected chi connectivity index (χ4v) is 3.59. The lowest BCUT2D eigenvalue weighted by Gasteiger charge is -2.17. The predicted molar refractivity (Wildman–Crippen MR) is 101 cm³/mol. The van der Waals surface area contributed by atoms with Crippen molar-refractivity contribution in [3.05, 3.63) is 47.1 Å². The van der Waals surface area contributed by atoms with Gasteiger partial charge in [0.1, 0.15) is 5.82 Å². The summed E-state index contributed by atoms with van der Waals surface area (Å²) in [6.07, 6.45) is 6.99. The third kappa shape index (κ3) is 5.06. The Hall–Kier alpha value is -1.85. The minimum absolute atomic E-state index is 0.0256. The third-order valence-corrected chi connectivity index (χ3v) is 4.91. The van der Waals surface area contributed by atoms with Crippen molar-refractivity contribution in [2.45, 2.75) is 44.7 Å². The maximum atomic E-state index is 12.3. The highest BCUT2D eigenvalue weighted by Crippen LogP contribution is 2.31. The van der Waals surface area contributed by atoms with Gasteiger partial charge >= 0.3 is 0 Å². The summed E-state index contributed by atoms with van der Waals surface area (Å²) in [6, 6.07) is 10.1. The van der Waals surface area contributed by atoms with Crippen molar-refractivity contribution < 1.29 is 4.79 Å². The zero-order chi connectivity index (χ0) is 17.6. The summed E-state index contributed by atoms with van der Waals surface area (Å²) in [7, 11) is 2.01. The van der Waals surface area contributed by atoms with Crippen molar-refractivity contribution >= 4 is 23.3 Å². The molecule has 2 aromatic rings. The Balaban J connectivity index is 1.47. The summed E-state index contributed by atoms with van der Waals surface area (Å²) in [5, 5.41) is 8.14. The molecule has 0 spiro atoms. The monoisotopic (exact) mass is 360 g/mol. The molecule has 0 radical (unpaired) electrons. The van der Waals surface area contributed by atoms with Crippen LogP contribution >= 0.6 is 11.6 Å². The molecule has 0 unspecified atom stereocenters. The molecule has 0 atom stereocenters. The number of aromatic nitrogens is 2. The molecule has 1 aliphatic rings. The minimum atomic E-state index is 0.0256. The van der Waals surface area contributed by atoms with Gasteiger partial charge in [-0.1, -0.05) is 36.6 Å². The van der Waals surface area contributed by atoms with Crippen LogP contribution in [0.3, 0.4) is 0 Å². The number of rotatable bonds is 7. The van der Waals surface area contributed by atoms with Gasteiger partial charge in [0.05, 0.1) is 12.2 Å². The van der Waals surface area contributed by atoms with E-state index in [1.54, 1.807) is 6.20 Å². The van der Waals surface area contributed by atoms with Crippen LogP contribution in [0.15, 0.2) is 36.5 Å². The Morgan fingerprint density at radius 1 is 1.36 bits per heavy atom. The zero-order valence-corrected chi connectivity index (χ0v) is 15.4. The fraction of sp³-hybridized carbons (Fsp3) is 0.474. The van der Waals surface area contributed by atoms with Crippen molar-refractivity contribution in [3.8, 4) is 0 Å². The normalized spacial score (nSPS) is 15.0. The lowest BCUT2D eigenvalue weighted by atomic mass is 10.2. The molecule has 1 heterocycles. The summed E-state index contributed by atoms with van der Waals surface area (Å²) in [5.41, 5.74) is 1.15. The van der Waals surface area contributed by atoms with Crippen LogP contribution in [0.1, 0.15) is 43.7 Å². The second kappa shape index (κ2) is 8.50. The van der Waals surface area contributed by atoms with E-state index in [-0.39, 0.29) is 5.91 Å². The number of halogens is 1. The molecule has 1 fully saturated rings. The highest BCUT2D eigenvalue weighted by Gasteiger charge is 2.20. The third-order valence-electron chi connectivity index (χ3n) is 4.67. The Morgan fingerprint density at radius 3 is 2.92 bits per heavy atom. The molecular weight excluding hydrogens is 336 g/mol. The summed E-state index contributed by atoms with van der Waals surface area (Å²) < 4.78 is 1.97. The van der Waals surface area contributed by atoms with E-state index in [0.29, 0.717) is 19.0 Å². The minimum Gasteiger partial charge on any atom is -0.311 e. The van der Waals surface area contributed by atoms with Crippen LogP contribution in [0.5, 0.6) is 0 Å². The lowest BCUT2D eigenvalue weighted by molar-refractivity contribution is -0.116. The first-order valence-electron chi connectivity index (χ1n) is 8.88. The summed E-state index contributed by atoms with van der Waals surface area (Å²) in [6.45, 7) is 1.46. The Bertz CT molecular complexity index is 709. The van der Waals surface area contributed by atoms with Gasteiger partial charge in [0.25, 0.3) is 0 Å². The molecule has 1 aromatic heterocycles. The molecule has 1 N–H and O–H groups in total. The van der Waals surface area contributed by atoms with Gasteiger partial charge in [-0.15, -0.1) is 0 Å².